The van der Waals surface area contributed by atoms with Crippen LogP contribution in [0.25, 0.3) is 0 Å². The molecule has 0 aromatic heterocycles. The molecule has 9 nitrogen and oxygen atoms in total. The summed E-state index contributed by atoms with van der Waals surface area (Å²) >= 11 is 0. The normalized spacial score (nSPS) is 18.5. The topological polar surface area (TPSA) is 119 Å². The van der Waals surface area contributed by atoms with Crippen LogP contribution in [-0.2, 0) is 25.0 Å². The van der Waals surface area contributed by atoms with E-state index in [1.54, 1.807) is 20.8 Å². The number of nitrogens with two attached hydrogens (primary N) is 1. The summed E-state index contributed by atoms with van der Waals surface area (Å²) in [6, 6.07) is 2.48. The van der Waals surface area contributed by atoms with Gasteiger partial charge >= 0.3 is 6.09 Å². The van der Waals surface area contributed by atoms with E-state index in [2.05, 4.69) is 0 Å². The highest BCUT2D eigenvalue weighted by Crippen LogP contribution is 2.50. The number of primary sulfonamides is 1. The number of anilines is 1. The van der Waals surface area contributed by atoms with Crippen molar-refractivity contribution < 1.29 is 31.9 Å². The molecule has 1 saturated heterocycles. The number of likely N-dealkylation sites (tertiary alicyclic amines) is 1. The predicted molar refractivity (Wildman–Crippen MR) is 107 cm³/mol. The number of sulfonamides is 1. The summed E-state index contributed by atoms with van der Waals surface area (Å²) in [4.78, 5) is 28.3. The lowest BCUT2D eigenvalue weighted by molar-refractivity contribution is -0.124. The van der Waals surface area contributed by atoms with Crippen LogP contribution in [0.15, 0.2) is 12.1 Å². The highest BCUT2D eigenvalue weighted by Gasteiger charge is 2.53. The van der Waals surface area contributed by atoms with Gasteiger partial charge in [0.2, 0.25) is 21.9 Å². The lowest BCUT2D eigenvalue weighted by Crippen LogP contribution is -2.50. The molecule has 11 heteroatoms. The fourth-order valence-corrected chi connectivity index (χ4v) is 4.24. The van der Waals surface area contributed by atoms with E-state index in [9.17, 15) is 18.0 Å². The molecule has 1 aromatic rings. The fourth-order valence-electron chi connectivity index (χ4n) is 3.94. The van der Waals surface area contributed by atoms with Gasteiger partial charge in [-0.3, -0.25) is 4.79 Å². The number of rotatable bonds is 3. The first-order valence-electron chi connectivity index (χ1n) is 9.47. The van der Waals surface area contributed by atoms with Crippen LogP contribution in [0.3, 0.4) is 0 Å². The molecular weight excluding hydrogens is 417 g/mol. The summed E-state index contributed by atoms with van der Waals surface area (Å²) in [6.45, 7) is 5.81. The molecule has 2 heterocycles. The number of likely N-dealkylation sites (N-methyl/N-ethyl adjacent to an activating group) is 1. The van der Waals surface area contributed by atoms with Gasteiger partial charge in [-0.05, 0) is 33.6 Å². The molecule has 30 heavy (non-hydrogen) atoms. The van der Waals surface area contributed by atoms with E-state index in [0.717, 1.165) is 6.07 Å². The van der Waals surface area contributed by atoms with E-state index in [1.165, 1.54) is 22.9 Å². The van der Waals surface area contributed by atoms with Crippen molar-refractivity contribution in [1.29, 1.82) is 0 Å². The van der Waals surface area contributed by atoms with Crippen molar-refractivity contribution >= 4 is 27.7 Å². The lowest BCUT2D eigenvalue weighted by atomic mass is 9.73. The van der Waals surface area contributed by atoms with Gasteiger partial charge < -0.3 is 19.3 Å². The third kappa shape index (κ3) is 4.22. The van der Waals surface area contributed by atoms with Gasteiger partial charge in [-0.2, -0.15) is 0 Å². The van der Waals surface area contributed by atoms with Crippen LogP contribution in [0.2, 0.25) is 0 Å². The highest BCUT2D eigenvalue weighted by molar-refractivity contribution is 7.88. The van der Waals surface area contributed by atoms with Crippen LogP contribution < -0.4 is 14.8 Å². The molecule has 0 aliphatic carbocycles. The van der Waals surface area contributed by atoms with Gasteiger partial charge in [0.05, 0.1) is 11.1 Å². The number of hydrogen-bond donors (Lipinski definition) is 1. The standard InChI is InChI=1S/C19H26FN3O6S/c1-18(2,3)29-17(25)23-7-5-19(6-8-23)15-13(20)9-12(28-11-30(21,26)27)10-14(15)22(4)16(19)24/h9-10H,5-8,11H2,1-4H3,(H2,21,26,27). The molecule has 166 valence electrons. The molecule has 0 radical (unpaired) electrons. The maximum atomic E-state index is 15.1. The van der Waals surface area contributed by atoms with Gasteiger partial charge in [0, 0.05) is 37.8 Å². The van der Waals surface area contributed by atoms with Crippen molar-refractivity contribution in [3.8, 4) is 5.75 Å². The van der Waals surface area contributed by atoms with E-state index in [0.29, 0.717) is 5.69 Å². The van der Waals surface area contributed by atoms with Gasteiger partial charge in [-0.25, -0.2) is 22.7 Å². The second-order valence-corrected chi connectivity index (χ2v) is 10.2. The molecule has 1 aromatic carbocycles. The Bertz CT molecular complexity index is 981. The number of amides is 2. The minimum atomic E-state index is -3.90. The number of halogens is 1. The zero-order chi connectivity index (χ0) is 22.5. The zero-order valence-corrected chi connectivity index (χ0v) is 18.2. The van der Waals surface area contributed by atoms with Crippen molar-refractivity contribution in [3.63, 3.8) is 0 Å². The Balaban J connectivity index is 1.86. The maximum Gasteiger partial charge on any atom is 0.410 e. The van der Waals surface area contributed by atoms with Crippen molar-refractivity contribution in [2.24, 2.45) is 5.14 Å². The minimum Gasteiger partial charge on any atom is -0.476 e. The number of nitrogens with zero attached hydrogens (tertiary/aromatic N) is 2. The Kier molecular flexibility index (Phi) is 5.48. The van der Waals surface area contributed by atoms with E-state index < -0.39 is 38.9 Å². The summed E-state index contributed by atoms with van der Waals surface area (Å²) in [5.41, 5.74) is -1.18. The quantitative estimate of drug-likeness (QED) is 0.759. The molecular formula is C19H26FN3O6S. The summed E-state index contributed by atoms with van der Waals surface area (Å²) < 4.78 is 47.7. The number of carbonyl (C=O) groups excluding carboxylic acids is 2. The van der Waals surface area contributed by atoms with Crippen LogP contribution in [0.5, 0.6) is 5.75 Å². The van der Waals surface area contributed by atoms with Crippen LogP contribution in [0.1, 0.15) is 39.2 Å². The van der Waals surface area contributed by atoms with E-state index >= 15 is 4.39 Å². The number of fused-ring (bicyclic) bond motifs is 2. The van der Waals surface area contributed by atoms with Crippen molar-refractivity contribution in [1.82, 2.24) is 4.90 Å². The summed E-state index contributed by atoms with van der Waals surface area (Å²) in [7, 11) is -2.38. The molecule has 2 amide bonds. The van der Waals surface area contributed by atoms with Crippen molar-refractivity contribution in [2.75, 3.05) is 31.0 Å². The summed E-state index contributed by atoms with van der Waals surface area (Å²) in [6.07, 6.45) is 0.0246. The molecule has 2 aliphatic rings. The Hall–Kier alpha value is -2.40. The van der Waals surface area contributed by atoms with Crippen LogP contribution in [0, 0.1) is 5.82 Å². The van der Waals surface area contributed by atoms with E-state index in [-0.39, 0.29) is 43.2 Å². The Labute approximate surface area is 174 Å². The van der Waals surface area contributed by atoms with Gasteiger partial charge in [-0.15, -0.1) is 0 Å². The van der Waals surface area contributed by atoms with Crippen molar-refractivity contribution in [3.05, 3.63) is 23.5 Å². The van der Waals surface area contributed by atoms with Crippen molar-refractivity contribution in [2.45, 2.75) is 44.6 Å². The molecule has 2 N–H and O–H groups in total. The average molecular weight is 443 g/mol. The molecule has 1 fully saturated rings. The molecule has 2 aliphatic heterocycles. The zero-order valence-electron chi connectivity index (χ0n) is 17.4. The average Bonchev–Trinajstić information content (AvgIpc) is 2.81. The monoisotopic (exact) mass is 443 g/mol. The first kappa shape index (κ1) is 22.3. The van der Waals surface area contributed by atoms with Gasteiger partial charge in [0.15, 0.2) is 0 Å². The van der Waals surface area contributed by atoms with Gasteiger partial charge in [0.1, 0.15) is 17.2 Å². The number of benzene rings is 1. The summed E-state index contributed by atoms with van der Waals surface area (Å²) in [5.74, 6) is -1.79. The Morgan fingerprint density at radius 2 is 1.87 bits per heavy atom. The molecule has 3 rings (SSSR count). The second-order valence-electron chi connectivity index (χ2n) is 8.64. The molecule has 0 atom stereocenters. The van der Waals surface area contributed by atoms with E-state index in [4.69, 9.17) is 14.6 Å². The molecule has 0 unspecified atom stereocenters. The predicted octanol–water partition coefficient (Wildman–Crippen LogP) is 1.70. The maximum absolute atomic E-state index is 15.1. The summed E-state index contributed by atoms with van der Waals surface area (Å²) in [5, 5.41) is 4.92. The Morgan fingerprint density at radius 3 is 2.40 bits per heavy atom. The van der Waals surface area contributed by atoms with Crippen LogP contribution >= 0.6 is 0 Å². The minimum absolute atomic E-state index is 0.0387. The number of carbonyl (C=O) groups is 2. The smallest absolute Gasteiger partial charge is 0.410 e. The second kappa shape index (κ2) is 7.38. The third-order valence-corrected chi connectivity index (χ3v) is 5.70. The van der Waals surface area contributed by atoms with Gasteiger partial charge in [0.25, 0.3) is 0 Å². The fraction of sp³-hybridized carbons (Fsp3) is 0.579. The number of ether oxygens (including phenoxy) is 2. The third-order valence-electron chi connectivity index (χ3n) is 5.26. The molecule has 1 spiro atoms. The van der Waals surface area contributed by atoms with Crippen LogP contribution in [0.4, 0.5) is 14.9 Å². The van der Waals surface area contributed by atoms with Gasteiger partial charge in [-0.1, -0.05) is 0 Å². The SMILES string of the molecule is CN1C(=O)C2(CCN(C(=O)OC(C)(C)C)CC2)c2c(F)cc(OCS(N)(=O)=O)cc21. The first-order valence-corrected chi connectivity index (χ1v) is 11.2. The largest absolute Gasteiger partial charge is 0.476 e. The number of hydrogen-bond acceptors (Lipinski definition) is 6. The first-order chi connectivity index (χ1) is 13.7. The van der Waals surface area contributed by atoms with E-state index in [1.807, 2.05) is 0 Å². The highest BCUT2D eigenvalue weighted by atomic mass is 32.2. The number of piperidine rings is 1. The van der Waals surface area contributed by atoms with Crippen LogP contribution in [-0.4, -0.2) is 57.0 Å². The Morgan fingerprint density at radius 1 is 1.27 bits per heavy atom. The molecule has 0 saturated carbocycles. The lowest BCUT2D eigenvalue weighted by Gasteiger charge is -2.38. The molecule has 0 bridgehead atoms.